The van der Waals surface area contributed by atoms with Gasteiger partial charge in [0, 0.05) is 17.0 Å². The molecular weight excluding hydrogens is 432 g/mol. The summed E-state index contributed by atoms with van der Waals surface area (Å²) in [5.74, 6) is 1.34. The third-order valence-electron chi connectivity index (χ3n) is 4.56. The quantitative estimate of drug-likeness (QED) is 0.346. The Hall–Kier alpha value is -2.84. The SMILES string of the molecule is CCc1ccc(C(=O)CSc2nc(CC(=O)Nc3cc(OC)ccc3OC)cs2)cc1. The smallest absolute Gasteiger partial charge is 0.230 e. The first-order valence-corrected chi connectivity index (χ1v) is 11.6. The molecule has 0 aliphatic carbocycles. The monoisotopic (exact) mass is 456 g/mol. The van der Waals surface area contributed by atoms with Gasteiger partial charge in [-0.15, -0.1) is 11.3 Å². The van der Waals surface area contributed by atoms with Crippen molar-refractivity contribution in [3.63, 3.8) is 0 Å². The predicted octanol–water partition coefficient (Wildman–Crippen LogP) is 4.88. The van der Waals surface area contributed by atoms with E-state index < -0.39 is 0 Å². The number of hydrogen-bond acceptors (Lipinski definition) is 7. The van der Waals surface area contributed by atoms with Gasteiger partial charge in [0.15, 0.2) is 10.1 Å². The van der Waals surface area contributed by atoms with Gasteiger partial charge in [-0.25, -0.2) is 4.98 Å². The number of ether oxygens (including phenoxy) is 2. The molecule has 1 N–H and O–H groups in total. The zero-order valence-electron chi connectivity index (χ0n) is 17.6. The summed E-state index contributed by atoms with van der Waals surface area (Å²) in [6, 6.07) is 12.9. The van der Waals surface area contributed by atoms with E-state index in [0.29, 0.717) is 34.2 Å². The fraction of sp³-hybridized carbons (Fsp3) is 0.261. The molecule has 0 radical (unpaired) electrons. The van der Waals surface area contributed by atoms with E-state index in [2.05, 4.69) is 17.2 Å². The number of ketones is 1. The van der Waals surface area contributed by atoms with E-state index in [4.69, 9.17) is 9.47 Å². The normalized spacial score (nSPS) is 10.5. The number of aryl methyl sites for hydroxylation is 1. The number of carbonyl (C=O) groups is 2. The minimum absolute atomic E-state index is 0.0623. The maximum absolute atomic E-state index is 12.5. The highest BCUT2D eigenvalue weighted by Crippen LogP contribution is 2.29. The minimum atomic E-state index is -0.208. The lowest BCUT2D eigenvalue weighted by atomic mass is 10.1. The van der Waals surface area contributed by atoms with E-state index in [9.17, 15) is 9.59 Å². The van der Waals surface area contributed by atoms with E-state index in [-0.39, 0.29) is 18.1 Å². The van der Waals surface area contributed by atoms with E-state index in [1.165, 1.54) is 28.7 Å². The molecule has 3 rings (SSSR count). The van der Waals surface area contributed by atoms with Crippen molar-refractivity contribution in [3.8, 4) is 11.5 Å². The molecule has 0 spiro atoms. The molecule has 0 saturated heterocycles. The zero-order valence-corrected chi connectivity index (χ0v) is 19.3. The first-order valence-electron chi connectivity index (χ1n) is 9.73. The van der Waals surface area contributed by atoms with Crippen molar-refractivity contribution in [1.82, 2.24) is 4.98 Å². The number of aromatic nitrogens is 1. The number of nitrogens with zero attached hydrogens (tertiary/aromatic N) is 1. The number of thioether (sulfide) groups is 1. The highest BCUT2D eigenvalue weighted by Gasteiger charge is 2.13. The molecule has 1 heterocycles. The number of hydrogen-bond donors (Lipinski definition) is 1. The Bertz CT molecular complexity index is 1050. The zero-order chi connectivity index (χ0) is 22.2. The van der Waals surface area contributed by atoms with Crippen LogP contribution < -0.4 is 14.8 Å². The number of anilines is 1. The number of thiazole rings is 1. The first kappa shape index (κ1) is 22.8. The number of benzene rings is 2. The van der Waals surface area contributed by atoms with Crippen LogP contribution in [0.2, 0.25) is 0 Å². The molecule has 3 aromatic rings. The number of carbonyl (C=O) groups excluding carboxylic acids is 2. The molecule has 6 nitrogen and oxygen atoms in total. The highest BCUT2D eigenvalue weighted by atomic mass is 32.2. The van der Waals surface area contributed by atoms with Gasteiger partial charge in [0.2, 0.25) is 5.91 Å². The molecule has 0 aliphatic heterocycles. The van der Waals surface area contributed by atoms with Crippen molar-refractivity contribution in [2.24, 2.45) is 0 Å². The summed E-state index contributed by atoms with van der Waals surface area (Å²) in [4.78, 5) is 29.3. The molecule has 0 bridgehead atoms. The number of Topliss-reactive ketones (excluding diaryl/α,β-unsaturated/α-hetero) is 1. The summed E-state index contributed by atoms with van der Waals surface area (Å²) in [5.41, 5.74) is 3.11. The molecule has 0 fully saturated rings. The van der Waals surface area contributed by atoms with Crippen LogP contribution in [0.15, 0.2) is 52.2 Å². The summed E-state index contributed by atoms with van der Waals surface area (Å²) in [6.45, 7) is 2.08. The fourth-order valence-corrected chi connectivity index (χ4v) is 4.58. The molecule has 0 unspecified atom stereocenters. The molecule has 31 heavy (non-hydrogen) atoms. The summed E-state index contributed by atoms with van der Waals surface area (Å²) in [6.07, 6.45) is 1.08. The topological polar surface area (TPSA) is 77.5 Å². The van der Waals surface area contributed by atoms with Gasteiger partial charge in [-0.05, 0) is 24.1 Å². The van der Waals surface area contributed by atoms with Gasteiger partial charge in [0.1, 0.15) is 11.5 Å². The van der Waals surface area contributed by atoms with Crippen LogP contribution in [0.25, 0.3) is 0 Å². The number of rotatable bonds is 10. The Morgan fingerprint density at radius 2 is 1.87 bits per heavy atom. The van der Waals surface area contributed by atoms with Crippen molar-refractivity contribution in [3.05, 3.63) is 64.7 Å². The molecule has 1 amide bonds. The Morgan fingerprint density at radius 1 is 1.10 bits per heavy atom. The largest absolute Gasteiger partial charge is 0.497 e. The third-order valence-corrected chi connectivity index (χ3v) is 6.63. The third kappa shape index (κ3) is 6.32. The number of nitrogens with one attached hydrogen (secondary N) is 1. The fourth-order valence-electron chi connectivity index (χ4n) is 2.84. The molecule has 2 aromatic carbocycles. The van der Waals surface area contributed by atoms with Gasteiger partial charge < -0.3 is 14.8 Å². The Morgan fingerprint density at radius 3 is 2.55 bits per heavy atom. The van der Waals surface area contributed by atoms with Gasteiger partial charge in [-0.1, -0.05) is 43.0 Å². The van der Waals surface area contributed by atoms with Crippen LogP contribution in [-0.2, 0) is 17.6 Å². The lowest BCUT2D eigenvalue weighted by Gasteiger charge is -2.11. The molecule has 0 saturated carbocycles. The lowest BCUT2D eigenvalue weighted by Crippen LogP contribution is -2.15. The number of methoxy groups -OCH3 is 2. The van der Waals surface area contributed by atoms with Gasteiger partial charge in [-0.3, -0.25) is 9.59 Å². The van der Waals surface area contributed by atoms with Crippen molar-refractivity contribution in [2.45, 2.75) is 24.1 Å². The van der Waals surface area contributed by atoms with E-state index >= 15 is 0 Å². The summed E-state index contributed by atoms with van der Waals surface area (Å²) in [5, 5.41) is 4.67. The molecular formula is C23H24N2O4S2. The van der Waals surface area contributed by atoms with E-state index in [0.717, 1.165) is 10.8 Å². The van der Waals surface area contributed by atoms with Crippen LogP contribution in [0.5, 0.6) is 11.5 Å². The maximum atomic E-state index is 12.5. The molecule has 0 aliphatic rings. The second-order valence-electron chi connectivity index (χ2n) is 6.66. The van der Waals surface area contributed by atoms with Crippen LogP contribution in [0, 0.1) is 0 Å². The van der Waals surface area contributed by atoms with Gasteiger partial charge >= 0.3 is 0 Å². The highest BCUT2D eigenvalue weighted by molar-refractivity contribution is 8.01. The van der Waals surface area contributed by atoms with E-state index in [1.807, 2.05) is 29.6 Å². The second-order valence-corrected chi connectivity index (χ2v) is 8.74. The van der Waals surface area contributed by atoms with Crippen molar-refractivity contribution < 1.29 is 19.1 Å². The van der Waals surface area contributed by atoms with Crippen LogP contribution in [0.4, 0.5) is 5.69 Å². The standard InChI is InChI=1S/C23H24N2O4S2/c1-4-15-5-7-16(8-6-15)20(26)14-31-23-24-17(13-30-23)11-22(27)25-19-12-18(28-2)9-10-21(19)29-3/h5-10,12-13H,4,11,14H2,1-3H3,(H,25,27). The van der Waals surface area contributed by atoms with Crippen molar-refractivity contribution in [2.75, 3.05) is 25.3 Å². The van der Waals surface area contributed by atoms with Crippen LogP contribution >= 0.6 is 23.1 Å². The summed E-state index contributed by atoms with van der Waals surface area (Å²) in [7, 11) is 3.10. The van der Waals surface area contributed by atoms with Gasteiger partial charge in [-0.2, -0.15) is 0 Å². The molecule has 162 valence electrons. The second kappa shape index (κ2) is 11.0. The Balaban J connectivity index is 1.54. The van der Waals surface area contributed by atoms with E-state index in [1.54, 1.807) is 32.4 Å². The average molecular weight is 457 g/mol. The number of amides is 1. The van der Waals surface area contributed by atoms with Crippen LogP contribution in [-0.4, -0.2) is 36.6 Å². The van der Waals surface area contributed by atoms with Crippen molar-refractivity contribution in [1.29, 1.82) is 0 Å². The molecule has 0 atom stereocenters. The maximum Gasteiger partial charge on any atom is 0.230 e. The van der Waals surface area contributed by atoms with Crippen LogP contribution in [0.3, 0.4) is 0 Å². The van der Waals surface area contributed by atoms with Gasteiger partial charge in [0.25, 0.3) is 0 Å². The predicted molar refractivity (Wildman–Crippen MR) is 125 cm³/mol. The minimum Gasteiger partial charge on any atom is -0.497 e. The molecule has 8 heteroatoms. The first-order chi connectivity index (χ1) is 15.0. The molecule has 1 aromatic heterocycles. The summed E-state index contributed by atoms with van der Waals surface area (Å²) >= 11 is 2.82. The Labute approximate surface area is 190 Å². The lowest BCUT2D eigenvalue weighted by molar-refractivity contribution is -0.115. The summed E-state index contributed by atoms with van der Waals surface area (Å²) < 4.78 is 11.2. The van der Waals surface area contributed by atoms with Crippen molar-refractivity contribution >= 4 is 40.5 Å². The Kier molecular flexibility index (Phi) is 8.08. The van der Waals surface area contributed by atoms with Gasteiger partial charge in [0.05, 0.1) is 37.8 Å². The van der Waals surface area contributed by atoms with Crippen LogP contribution in [0.1, 0.15) is 28.5 Å². The average Bonchev–Trinajstić information content (AvgIpc) is 3.24.